The third-order valence-corrected chi connectivity index (χ3v) is 6.11. The van der Waals surface area contributed by atoms with Crippen molar-refractivity contribution in [2.75, 3.05) is 13.1 Å². The van der Waals surface area contributed by atoms with E-state index in [2.05, 4.69) is 15.5 Å². The molecule has 140 valence electrons. The van der Waals surface area contributed by atoms with Crippen LogP contribution in [0, 0.1) is 0 Å². The van der Waals surface area contributed by atoms with Crippen LogP contribution in [-0.4, -0.2) is 41.9 Å². The SMILES string of the molecule is CC(C)c1nnc(CNC(=O)c2ccc(S(=O)(=O)N3CCCC3)cc2)o1. The molecule has 0 radical (unpaired) electrons. The molecule has 1 aromatic carbocycles. The molecule has 9 heteroatoms. The summed E-state index contributed by atoms with van der Waals surface area (Å²) >= 11 is 0. The lowest BCUT2D eigenvalue weighted by Gasteiger charge is -2.15. The van der Waals surface area contributed by atoms with E-state index in [4.69, 9.17) is 4.42 Å². The largest absolute Gasteiger partial charge is 0.423 e. The minimum atomic E-state index is -3.47. The van der Waals surface area contributed by atoms with E-state index in [-0.39, 0.29) is 23.3 Å². The lowest BCUT2D eigenvalue weighted by atomic mass is 10.2. The summed E-state index contributed by atoms with van der Waals surface area (Å²) in [6.45, 7) is 5.09. The number of aromatic nitrogens is 2. The molecule has 1 amide bonds. The summed E-state index contributed by atoms with van der Waals surface area (Å²) < 4.78 is 31.9. The van der Waals surface area contributed by atoms with Gasteiger partial charge in [-0.2, -0.15) is 4.31 Å². The van der Waals surface area contributed by atoms with Crippen LogP contribution >= 0.6 is 0 Å². The van der Waals surface area contributed by atoms with Gasteiger partial charge < -0.3 is 9.73 Å². The molecule has 8 nitrogen and oxygen atoms in total. The molecule has 2 aromatic rings. The summed E-state index contributed by atoms with van der Waals surface area (Å²) in [7, 11) is -3.47. The zero-order valence-corrected chi connectivity index (χ0v) is 15.6. The minimum absolute atomic E-state index is 0.117. The Bertz CT molecular complexity index is 868. The molecule has 0 unspecified atom stereocenters. The van der Waals surface area contributed by atoms with Crippen molar-refractivity contribution in [3.8, 4) is 0 Å². The van der Waals surface area contributed by atoms with Crippen LogP contribution < -0.4 is 5.32 Å². The second-order valence-electron chi connectivity index (χ2n) is 6.51. The molecule has 1 aliphatic rings. The van der Waals surface area contributed by atoms with Gasteiger partial charge in [0.25, 0.3) is 5.91 Å². The average molecular weight is 378 g/mol. The lowest BCUT2D eigenvalue weighted by Crippen LogP contribution is -2.28. The first-order valence-corrected chi connectivity index (χ1v) is 10.0. The van der Waals surface area contributed by atoms with Crippen LogP contribution in [0.5, 0.6) is 0 Å². The topological polar surface area (TPSA) is 105 Å². The van der Waals surface area contributed by atoms with Crippen LogP contribution in [0.4, 0.5) is 0 Å². The molecule has 2 heterocycles. The highest BCUT2D eigenvalue weighted by atomic mass is 32.2. The van der Waals surface area contributed by atoms with Gasteiger partial charge in [-0.05, 0) is 37.1 Å². The Balaban J connectivity index is 1.63. The van der Waals surface area contributed by atoms with Crippen molar-refractivity contribution in [1.29, 1.82) is 0 Å². The molecule has 3 rings (SSSR count). The third-order valence-electron chi connectivity index (χ3n) is 4.20. The van der Waals surface area contributed by atoms with Crippen molar-refractivity contribution in [3.05, 3.63) is 41.6 Å². The van der Waals surface area contributed by atoms with Crippen molar-refractivity contribution >= 4 is 15.9 Å². The van der Waals surface area contributed by atoms with Gasteiger partial charge in [0.1, 0.15) is 0 Å². The smallest absolute Gasteiger partial charge is 0.251 e. The minimum Gasteiger partial charge on any atom is -0.423 e. The number of rotatable bonds is 6. The molecule has 1 fully saturated rings. The van der Waals surface area contributed by atoms with Gasteiger partial charge in [-0.1, -0.05) is 13.8 Å². The molecule has 0 spiro atoms. The number of hydrogen-bond acceptors (Lipinski definition) is 6. The molecule has 26 heavy (non-hydrogen) atoms. The molecule has 0 atom stereocenters. The van der Waals surface area contributed by atoms with E-state index < -0.39 is 10.0 Å². The van der Waals surface area contributed by atoms with Gasteiger partial charge in [-0.15, -0.1) is 10.2 Å². The predicted octanol–water partition coefficient (Wildman–Crippen LogP) is 1.91. The van der Waals surface area contributed by atoms with Gasteiger partial charge in [0.2, 0.25) is 21.8 Å². The highest BCUT2D eigenvalue weighted by molar-refractivity contribution is 7.89. The summed E-state index contributed by atoms with van der Waals surface area (Å²) in [5.41, 5.74) is 0.369. The molecule has 0 bridgehead atoms. The maximum absolute atomic E-state index is 12.5. The van der Waals surface area contributed by atoms with Gasteiger partial charge in [0.05, 0.1) is 11.4 Å². The first-order chi connectivity index (χ1) is 12.4. The summed E-state index contributed by atoms with van der Waals surface area (Å²) in [6.07, 6.45) is 1.77. The van der Waals surface area contributed by atoms with E-state index in [0.717, 1.165) is 12.8 Å². The molecule has 0 aliphatic carbocycles. The van der Waals surface area contributed by atoms with Crippen LogP contribution in [-0.2, 0) is 16.6 Å². The van der Waals surface area contributed by atoms with Gasteiger partial charge >= 0.3 is 0 Å². The van der Waals surface area contributed by atoms with Gasteiger partial charge in [-0.25, -0.2) is 8.42 Å². The predicted molar refractivity (Wildman–Crippen MR) is 94.0 cm³/mol. The molecule has 1 aliphatic heterocycles. The van der Waals surface area contributed by atoms with Crippen molar-refractivity contribution in [3.63, 3.8) is 0 Å². The number of carbonyl (C=O) groups excluding carboxylic acids is 1. The van der Waals surface area contributed by atoms with E-state index in [1.807, 2.05) is 13.8 Å². The number of sulfonamides is 1. The maximum atomic E-state index is 12.5. The Kier molecular flexibility index (Phi) is 5.38. The number of benzene rings is 1. The lowest BCUT2D eigenvalue weighted by molar-refractivity contribution is 0.0947. The van der Waals surface area contributed by atoms with Gasteiger partial charge in [0, 0.05) is 24.6 Å². The summed E-state index contributed by atoms with van der Waals surface area (Å²) in [4.78, 5) is 12.4. The molecule has 1 aromatic heterocycles. The van der Waals surface area contributed by atoms with E-state index in [1.165, 1.54) is 28.6 Å². The number of hydrogen-bond donors (Lipinski definition) is 1. The molecular formula is C17H22N4O4S. The summed E-state index contributed by atoms with van der Waals surface area (Å²) in [6, 6.07) is 5.94. The Labute approximate surface area is 152 Å². The summed E-state index contributed by atoms with van der Waals surface area (Å²) in [5, 5.41) is 10.5. The van der Waals surface area contributed by atoms with Gasteiger partial charge in [0.15, 0.2) is 0 Å². The van der Waals surface area contributed by atoms with Crippen LogP contribution in [0.1, 0.15) is 54.7 Å². The fourth-order valence-electron chi connectivity index (χ4n) is 2.69. The highest BCUT2D eigenvalue weighted by Gasteiger charge is 2.27. The number of nitrogens with one attached hydrogen (secondary N) is 1. The van der Waals surface area contributed by atoms with Gasteiger partial charge in [-0.3, -0.25) is 4.79 Å². The Morgan fingerprint density at radius 2 is 1.85 bits per heavy atom. The number of carbonyl (C=O) groups is 1. The standard InChI is InChI=1S/C17H22N4O4S/c1-12(2)17-20-19-15(25-17)11-18-16(22)13-5-7-14(8-6-13)26(23,24)21-9-3-4-10-21/h5-8,12H,3-4,9-11H2,1-2H3,(H,18,22). The van der Waals surface area contributed by atoms with E-state index in [1.54, 1.807) is 0 Å². The zero-order valence-electron chi connectivity index (χ0n) is 14.8. The number of nitrogens with zero attached hydrogens (tertiary/aromatic N) is 3. The molecule has 1 saturated heterocycles. The van der Waals surface area contributed by atoms with Crippen LogP contribution in [0.3, 0.4) is 0 Å². The second-order valence-corrected chi connectivity index (χ2v) is 8.44. The van der Waals surface area contributed by atoms with Crippen molar-refractivity contribution < 1.29 is 17.6 Å². The normalized spacial score (nSPS) is 15.5. The van der Waals surface area contributed by atoms with Crippen LogP contribution in [0.2, 0.25) is 0 Å². The number of amides is 1. The Hall–Kier alpha value is -2.26. The highest BCUT2D eigenvalue weighted by Crippen LogP contribution is 2.21. The molecule has 0 saturated carbocycles. The Morgan fingerprint density at radius 1 is 1.19 bits per heavy atom. The first-order valence-electron chi connectivity index (χ1n) is 8.58. The van der Waals surface area contributed by atoms with Crippen LogP contribution in [0.15, 0.2) is 33.6 Å². The monoisotopic (exact) mass is 378 g/mol. The zero-order chi connectivity index (χ0) is 18.7. The maximum Gasteiger partial charge on any atom is 0.251 e. The van der Waals surface area contributed by atoms with E-state index in [9.17, 15) is 13.2 Å². The molecule has 1 N–H and O–H groups in total. The average Bonchev–Trinajstić information content (AvgIpc) is 3.31. The van der Waals surface area contributed by atoms with Crippen molar-refractivity contribution in [1.82, 2.24) is 19.8 Å². The van der Waals surface area contributed by atoms with Crippen molar-refractivity contribution in [2.24, 2.45) is 0 Å². The van der Waals surface area contributed by atoms with Crippen molar-refractivity contribution in [2.45, 2.75) is 44.0 Å². The fourth-order valence-corrected chi connectivity index (χ4v) is 4.20. The van der Waals surface area contributed by atoms with Crippen LogP contribution in [0.25, 0.3) is 0 Å². The Morgan fingerprint density at radius 3 is 2.42 bits per heavy atom. The second kappa shape index (κ2) is 7.55. The quantitative estimate of drug-likeness (QED) is 0.823. The van der Waals surface area contributed by atoms with E-state index in [0.29, 0.717) is 30.4 Å². The molecular weight excluding hydrogens is 356 g/mol. The first kappa shape index (κ1) is 18.5. The summed E-state index contributed by atoms with van der Waals surface area (Å²) in [5.74, 6) is 0.637. The fraction of sp³-hybridized carbons (Fsp3) is 0.471. The third kappa shape index (κ3) is 3.94. The van der Waals surface area contributed by atoms with E-state index >= 15 is 0 Å².